The molecule has 3 nitrogen and oxygen atoms in total. The minimum absolute atomic E-state index is 0.0382. The first-order valence-corrected chi connectivity index (χ1v) is 13.5. The van der Waals surface area contributed by atoms with Crippen LogP contribution in [0.15, 0.2) is 60.7 Å². The van der Waals surface area contributed by atoms with Gasteiger partial charge in [-0.3, -0.25) is 0 Å². The highest BCUT2D eigenvalue weighted by Crippen LogP contribution is 2.40. The van der Waals surface area contributed by atoms with Crippen LogP contribution in [0.25, 0.3) is 0 Å². The number of hydrogen-bond acceptors (Lipinski definition) is 3. The molecule has 0 spiro atoms. The lowest BCUT2D eigenvalue weighted by Gasteiger charge is -2.38. The monoisotopic (exact) mass is 490 g/mol. The molecule has 0 aliphatic heterocycles. The van der Waals surface area contributed by atoms with E-state index in [1.165, 1.54) is 25.3 Å². The van der Waals surface area contributed by atoms with Gasteiger partial charge in [0.15, 0.2) is 0 Å². The molecule has 2 aromatic rings. The van der Waals surface area contributed by atoms with Crippen LogP contribution in [-0.2, 0) is 25.1 Å². The molecular weight excluding hydrogens is 432 g/mol. The molecule has 0 heterocycles. The van der Waals surface area contributed by atoms with E-state index >= 15 is 0 Å². The fourth-order valence-corrected chi connectivity index (χ4v) is 3.42. The highest BCUT2D eigenvalue weighted by Gasteiger charge is 2.33. The number of ether oxygens (including phenoxy) is 2. The van der Waals surface area contributed by atoms with Crippen LogP contribution < -0.4 is 0 Å². The zero-order valence-electron chi connectivity index (χ0n) is 25.6. The van der Waals surface area contributed by atoms with Gasteiger partial charge in [0.1, 0.15) is 6.61 Å². The molecule has 0 saturated carbocycles. The van der Waals surface area contributed by atoms with Crippen molar-refractivity contribution in [2.45, 2.75) is 107 Å². The highest BCUT2D eigenvalue weighted by atomic mass is 16.6. The molecule has 0 aliphatic carbocycles. The van der Waals surface area contributed by atoms with Gasteiger partial charge in [-0.2, -0.15) is 0 Å². The molecule has 0 aliphatic rings. The zero-order valence-corrected chi connectivity index (χ0v) is 25.6. The highest BCUT2D eigenvalue weighted by molar-refractivity contribution is 5.70. The topological polar surface area (TPSA) is 35.5 Å². The average molecular weight is 491 g/mol. The van der Waals surface area contributed by atoms with E-state index in [0.29, 0.717) is 0 Å². The molecule has 3 heteroatoms. The lowest BCUT2D eigenvalue weighted by atomic mass is 9.66. The van der Waals surface area contributed by atoms with Crippen molar-refractivity contribution in [1.82, 2.24) is 0 Å². The van der Waals surface area contributed by atoms with E-state index in [1.807, 2.05) is 55.4 Å². The lowest BCUT2D eigenvalue weighted by molar-refractivity contribution is -0.144. The minimum Gasteiger partial charge on any atom is -0.467 e. The first-order chi connectivity index (χ1) is 16.8. The molecule has 0 saturated heterocycles. The van der Waals surface area contributed by atoms with Crippen molar-refractivity contribution < 1.29 is 14.3 Å². The molecule has 35 heavy (non-hydrogen) atoms. The summed E-state index contributed by atoms with van der Waals surface area (Å²) in [5.41, 5.74) is 3.28. The predicted octanol–water partition coefficient (Wildman–Crippen LogP) is 9.63. The summed E-state index contributed by atoms with van der Waals surface area (Å²) >= 11 is 0. The predicted molar refractivity (Wildman–Crippen MR) is 157 cm³/mol. The third-order valence-corrected chi connectivity index (χ3v) is 5.13. The fraction of sp³-hybridized carbons (Fsp3) is 0.594. The van der Waals surface area contributed by atoms with E-state index in [9.17, 15) is 4.79 Å². The standard InChI is InChI=1S/C20H26.C4H8O3.4C2H6/c1-5-20(4,18-14-10-7-11-15-18)16-19(2,3)17-12-8-6-9-13-17;1-6-3-4(5)7-2;4*1-2/h6-15H,5,16H2,1-4H3;3H2,1-2H3;4*1-2H3. The summed E-state index contributed by atoms with van der Waals surface area (Å²) in [7, 11) is 2.76. The number of methoxy groups -OCH3 is 2. The summed E-state index contributed by atoms with van der Waals surface area (Å²) < 4.78 is 8.65. The van der Waals surface area contributed by atoms with Crippen LogP contribution in [0.2, 0.25) is 0 Å². The molecule has 0 amide bonds. The second kappa shape index (κ2) is 26.5. The Bertz CT molecular complexity index is 666. The van der Waals surface area contributed by atoms with Crippen LogP contribution in [0, 0.1) is 0 Å². The maximum atomic E-state index is 10.1. The number of esters is 1. The number of benzene rings is 2. The van der Waals surface area contributed by atoms with Gasteiger partial charge in [-0.15, -0.1) is 0 Å². The zero-order chi connectivity index (χ0) is 28.3. The van der Waals surface area contributed by atoms with Crippen molar-refractivity contribution in [1.29, 1.82) is 0 Å². The number of rotatable bonds is 7. The second-order valence-electron chi connectivity index (χ2n) is 7.72. The molecule has 2 rings (SSSR count). The lowest BCUT2D eigenvalue weighted by Crippen LogP contribution is -2.31. The Morgan fingerprint density at radius 1 is 0.686 bits per heavy atom. The Morgan fingerprint density at radius 2 is 1.06 bits per heavy atom. The van der Waals surface area contributed by atoms with Crippen LogP contribution in [0.1, 0.15) is 107 Å². The van der Waals surface area contributed by atoms with E-state index in [-0.39, 0.29) is 23.4 Å². The molecule has 0 fully saturated rings. The molecule has 0 radical (unpaired) electrons. The van der Waals surface area contributed by atoms with Crippen molar-refractivity contribution in [3.63, 3.8) is 0 Å². The molecule has 0 aromatic heterocycles. The molecule has 1 unspecified atom stereocenters. The SMILES string of the molecule is CC.CC.CC.CC.CCC(C)(CC(C)(C)c1ccccc1)c1ccccc1.COCC(=O)OC. The van der Waals surface area contributed by atoms with Gasteiger partial charge >= 0.3 is 5.97 Å². The van der Waals surface area contributed by atoms with Gasteiger partial charge in [-0.05, 0) is 34.8 Å². The van der Waals surface area contributed by atoms with E-state index in [0.717, 1.165) is 12.8 Å². The van der Waals surface area contributed by atoms with Crippen LogP contribution in [-0.4, -0.2) is 26.8 Å². The van der Waals surface area contributed by atoms with Crippen molar-refractivity contribution >= 4 is 5.97 Å². The van der Waals surface area contributed by atoms with E-state index in [1.54, 1.807) is 0 Å². The van der Waals surface area contributed by atoms with Crippen molar-refractivity contribution in [3.05, 3.63) is 71.8 Å². The van der Waals surface area contributed by atoms with Gasteiger partial charge in [-0.1, -0.05) is 144 Å². The third-order valence-electron chi connectivity index (χ3n) is 5.13. The molecule has 1 atom stereocenters. The second-order valence-corrected chi connectivity index (χ2v) is 7.72. The average Bonchev–Trinajstić information content (AvgIpc) is 2.94. The van der Waals surface area contributed by atoms with Gasteiger partial charge < -0.3 is 9.47 Å². The van der Waals surface area contributed by atoms with Crippen molar-refractivity contribution in [2.24, 2.45) is 0 Å². The van der Waals surface area contributed by atoms with Crippen molar-refractivity contribution in [2.75, 3.05) is 20.8 Å². The van der Waals surface area contributed by atoms with Crippen LogP contribution in [0.3, 0.4) is 0 Å². The number of hydrogen-bond donors (Lipinski definition) is 0. The maximum Gasteiger partial charge on any atom is 0.331 e. The summed E-state index contributed by atoms with van der Waals surface area (Å²) in [6.45, 7) is 25.5. The smallest absolute Gasteiger partial charge is 0.331 e. The van der Waals surface area contributed by atoms with E-state index in [2.05, 4.69) is 97.8 Å². The van der Waals surface area contributed by atoms with Gasteiger partial charge in [0.2, 0.25) is 0 Å². The first kappa shape index (κ1) is 40.1. The Kier molecular flexibility index (Phi) is 30.3. The quantitative estimate of drug-likeness (QED) is 0.362. The van der Waals surface area contributed by atoms with E-state index < -0.39 is 0 Å². The molecular formula is C32H58O3. The molecule has 2 aromatic carbocycles. The largest absolute Gasteiger partial charge is 0.467 e. The number of carbonyl (C=O) groups is 1. The minimum atomic E-state index is -0.345. The Morgan fingerprint density at radius 3 is 1.34 bits per heavy atom. The fourth-order valence-electron chi connectivity index (χ4n) is 3.42. The molecule has 0 bridgehead atoms. The molecule has 204 valence electrons. The van der Waals surface area contributed by atoms with Crippen molar-refractivity contribution in [3.8, 4) is 0 Å². The van der Waals surface area contributed by atoms with Gasteiger partial charge in [0.05, 0.1) is 7.11 Å². The van der Waals surface area contributed by atoms with Gasteiger partial charge in [-0.25, -0.2) is 4.79 Å². The summed E-state index contributed by atoms with van der Waals surface area (Å²) in [5.74, 6) is -0.345. The normalized spacial score (nSPS) is 10.8. The summed E-state index contributed by atoms with van der Waals surface area (Å²) in [6.07, 6.45) is 2.32. The van der Waals surface area contributed by atoms with Crippen LogP contribution in [0.4, 0.5) is 0 Å². The Balaban J connectivity index is -0.000000269. The first-order valence-electron chi connectivity index (χ1n) is 13.5. The number of carbonyl (C=O) groups excluding carboxylic acids is 1. The van der Waals surface area contributed by atoms with E-state index in [4.69, 9.17) is 0 Å². The summed E-state index contributed by atoms with van der Waals surface area (Å²) in [6, 6.07) is 21.8. The Hall–Kier alpha value is -2.13. The van der Waals surface area contributed by atoms with Crippen LogP contribution >= 0.6 is 0 Å². The summed E-state index contributed by atoms with van der Waals surface area (Å²) in [4.78, 5) is 10.1. The van der Waals surface area contributed by atoms with Gasteiger partial charge in [0, 0.05) is 7.11 Å². The van der Waals surface area contributed by atoms with Crippen LogP contribution in [0.5, 0.6) is 0 Å². The Labute approximate surface area is 219 Å². The summed E-state index contributed by atoms with van der Waals surface area (Å²) in [5, 5.41) is 0. The molecule has 0 N–H and O–H groups in total. The van der Waals surface area contributed by atoms with Gasteiger partial charge in [0.25, 0.3) is 0 Å². The maximum absolute atomic E-state index is 10.1. The third kappa shape index (κ3) is 17.9.